The third kappa shape index (κ3) is 3.73. The lowest BCUT2D eigenvalue weighted by atomic mass is 9.89. The highest BCUT2D eigenvalue weighted by atomic mass is 19.1. The second kappa shape index (κ2) is 7.41. The summed E-state index contributed by atoms with van der Waals surface area (Å²) in [5, 5.41) is 3.16. The molecule has 21 heavy (non-hydrogen) atoms. The maximum atomic E-state index is 14.4. The summed E-state index contributed by atoms with van der Waals surface area (Å²) in [5.41, 5.74) is -1.13. The molecule has 1 rings (SSSR count). The summed E-state index contributed by atoms with van der Waals surface area (Å²) in [4.78, 5) is 12.4. The molecule has 0 aliphatic carbocycles. The van der Waals surface area contributed by atoms with E-state index >= 15 is 0 Å². The predicted octanol–water partition coefficient (Wildman–Crippen LogP) is 3.00. The smallest absolute Gasteiger partial charge is 0.330 e. The minimum Gasteiger partial charge on any atom is -0.496 e. The highest BCUT2D eigenvalue weighted by Gasteiger charge is 2.42. The van der Waals surface area contributed by atoms with Crippen LogP contribution in [0.25, 0.3) is 0 Å². The zero-order chi connectivity index (χ0) is 16.0. The molecular formula is C16H24FNO3. The van der Waals surface area contributed by atoms with Crippen LogP contribution >= 0.6 is 0 Å². The van der Waals surface area contributed by atoms with E-state index in [0.717, 1.165) is 6.42 Å². The van der Waals surface area contributed by atoms with Crippen LogP contribution in [0.1, 0.15) is 39.7 Å². The molecule has 1 aromatic carbocycles. The van der Waals surface area contributed by atoms with E-state index in [-0.39, 0.29) is 18.2 Å². The Labute approximate surface area is 125 Å². The maximum absolute atomic E-state index is 14.4. The summed E-state index contributed by atoms with van der Waals surface area (Å²) >= 11 is 0. The number of methoxy groups -OCH3 is 1. The van der Waals surface area contributed by atoms with Crippen LogP contribution in [0.5, 0.6) is 5.75 Å². The molecule has 4 nitrogen and oxygen atoms in total. The molecule has 2 unspecified atom stereocenters. The van der Waals surface area contributed by atoms with E-state index < -0.39 is 17.3 Å². The zero-order valence-electron chi connectivity index (χ0n) is 13.3. The molecule has 0 aliphatic rings. The lowest BCUT2D eigenvalue weighted by molar-refractivity contribution is -0.151. The Morgan fingerprint density at radius 3 is 2.62 bits per heavy atom. The molecule has 0 aliphatic heterocycles. The Bertz CT molecular complexity index is 492. The standard InChI is InChI=1S/C16H24FNO3/c1-6-11(3)18-16(4,15(19)21-7-2)14-12(17)9-8-10-13(14)20-5/h8-11,18H,6-7H2,1-5H3. The second-order valence-corrected chi connectivity index (χ2v) is 5.12. The topological polar surface area (TPSA) is 47.6 Å². The van der Waals surface area contributed by atoms with Gasteiger partial charge in [0.25, 0.3) is 0 Å². The van der Waals surface area contributed by atoms with Crippen LogP contribution in [0.15, 0.2) is 18.2 Å². The molecule has 0 spiro atoms. The van der Waals surface area contributed by atoms with E-state index in [1.807, 2.05) is 13.8 Å². The van der Waals surface area contributed by atoms with Gasteiger partial charge in [0, 0.05) is 6.04 Å². The molecule has 0 amide bonds. The van der Waals surface area contributed by atoms with E-state index in [0.29, 0.717) is 5.75 Å². The molecule has 0 saturated carbocycles. The van der Waals surface area contributed by atoms with Crippen molar-refractivity contribution in [2.45, 2.75) is 45.7 Å². The van der Waals surface area contributed by atoms with E-state index in [9.17, 15) is 9.18 Å². The van der Waals surface area contributed by atoms with E-state index in [1.165, 1.54) is 13.2 Å². The van der Waals surface area contributed by atoms with Gasteiger partial charge in [-0.1, -0.05) is 13.0 Å². The molecule has 2 atom stereocenters. The van der Waals surface area contributed by atoms with Crippen LogP contribution in [0.3, 0.4) is 0 Å². The number of carbonyl (C=O) groups excluding carboxylic acids is 1. The number of halogens is 1. The molecular weight excluding hydrogens is 273 g/mol. The Morgan fingerprint density at radius 1 is 1.43 bits per heavy atom. The average molecular weight is 297 g/mol. The lowest BCUT2D eigenvalue weighted by Gasteiger charge is -2.33. The van der Waals surface area contributed by atoms with E-state index in [4.69, 9.17) is 9.47 Å². The molecule has 1 N–H and O–H groups in total. The molecule has 5 heteroatoms. The molecule has 0 fully saturated rings. The first-order valence-electron chi connectivity index (χ1n) is 7.18. The van der Waals surface area contributed by atoms with Crippen molar-refractivity contribution in [3.63, 3.8) is 0 Å². The Morgan fingerprint density at radius 2 is 2.10 bits per heavy atom. The van der Waals surface area contributed by atoms with Crippen molar-refractivity contribution in [2.24, 2.45) is 0 Å². The fourth-order valence-corrected chi connectivity index (χ4v) is 2.26. The van der Waals surface area contributed by atoms with Crippen LogP contribution in [0, 0.1) is 5.82 Å². The fourth-order valence-electron chi connectivity index (χ4n) is 2.26. The highest BCUT2D eigenvalue weighted by Crippen LogP contribution is 2.34. The van der Waals surface area contributed by atoms with Gasteiger partial charge in [0.15, 0.2) is 0 Å². The molecule has 0 saturated heterocycles. The lowest BCUT2D eigenvalue weighted by Crippen LogP contribution is -2.52. The van der Waals surface area contributed by atoms with Crippen molar-refractivity contribution in [2.75, 3.05) is 13.7 Å². The van der Waals surface area contributed by atoms with E-state index in [1.54, 1.807) is 26.0 Å². The Kier molecular flexibility index (Phi) is 6.15. The van der Waals surface area contributed by atoms with Crippen LogP contribution in [0.4, 0.5) is 4.39 Å². The summed E-state index contributed by atoms with van der Waals surface area (Å²) in [6.45, 7) is 7.50. The van der Waals surface area contributed by atoms with E-state index in [2.05, 4.69) is 5.32 Å². The molecule has 0 aromatic heterocycles. The molecule has 0 radical (unpaired) electrons. The van der Waals surface area contributed by atoms with Gasteiger partial charge in [0.1, 0.15) is 17.1 Å². The van der Waals surface area contributed by atoms with Crippen molar-refractivity contribution < 1.29 is 18.7 Å². The number of ether oxygens (including phenoxy) is 2. The van der Waals surface area contributed by atoms with Crippen LogP contribution in [-0.4, -0.2) is 25.7 Å². The largest absolute Gasteiger partial charge is 0.496 e. The minimum absolute atomic E-state index is 0.0173. The van der Waals surface area contributed by atoms with Gasteiger partial charge in [-0.2, -0.15) is 0 Å². The summed E-state index contributed by atoms with van der Waals surface area (Å²) in [6, 6.07) is 4.51. The number of rotatable bonds is 7. The number of nitrogens with one attached hydrogen (secondary N) is 1. The first-order valence-corrected chi connectivity index (χ1v) is 7.18. The summed E-state index contributed by atoms with van der Waals surface area (Å²) < 4.78 is 24.7. The van der Waals surface area contributed by atoms with Gasteiger partial charge in [0.05, 0.1) is 19.3 Å². The van der Waals surface area contributed by atoms with Crippen LogP contribution < -0.4 is 10.1 Å². The number of hydrogen-bond acceptors (Lipinski definition) is 4. The van der Waals surface area contributed by atoms with Crippen molar-refractivity contribution >= 4 is 5.97 Å². The minimum atomic E-state index is -1.30. The Hall–Kier alpha value is -1.62. The summed E-state index contributed by atoms with van der Waals surface area (Å²) in [7, 11) is 1.45. The third-order valence-electron chi connectivity index (χ3n) is 3.53. The summed E-state index contributed by atoms with van der Waals surface area (Å²) in [5.74, 6) is -0.698. The molecule has 0 heterocycles. The van der Waals surface area contributed by atoms with Gasteiger partial charge < -0.3 is 9.47 Å². The van der Waals surface area contributed by atoms with Gasteiger partial charge >= 0.3 is 5.97 Å². The van der Waals surface area contributed by atoms with Crippen molar-refractivity contribution in [1.82, 2.24) is 5.32 Å². The fraction of sp³-hybridized carbons (Fsp3) is 0.562. The normalized spacial score (nSPS) is 15.1. The number of carbonyl (C=O) groups is 1. The monoisotopic (exact) mass is 297 g/mol. The number of benzene rings is 1. The van der Waals surface area contributed by atoms with Gasteiger partial charge in [-0.3, -0.25) is 5.32 Å². The van der Waals surface area contributed by atoms with Crippen molar-refractivity contribution in [1.29, 1.82) is 0 Å². The van der Waals surface area contributed by atoms with Crippen molar-refractivity contribution in [3.05, 3.63) is 29.6 Å². The van der Waals surface area contributed by atoms with Gasteiger partial charge in [-0.15, -0.1) is 0 Å². The van der Waals surface area contributed by atoms with Crippen LogP contribution in [0.2, 0.25) is 0 Å². The molecule has 0 bridgehead atoms. The predicted molar refractivity (Wildman–Crippen MR) is 79.8 cm³/mol. The zero-order valence-corrected chi connectivity index (χ0v) is 13.3. The number of hydrogen-bond donors (Lipinski definition) is 1. The first-order chi connectivity index (χ1) is 9.90. The maximum Gasteiger partial charge on any atom is 0.330 e. The molecule has 1 aromatic rings. The van der Waals surface area contributed by atoms with Crippen LogP contribution in [-0.2, 0) is 15.1 Å². The first kappa shape index (κ1) is 17.4. The summed E-state index contributed by atoms with van der Waals surface area (Å²) in [6.07, 6.45) is 0.797. The third-order valence-corrected chi connectivity index (χ3v) is 3.53. The van der Waals surface area contributed by atoms with Crippen molar-refractivity contribution in [3.8, 4) is 5.75 Å². The number of esters is 1. The average Bonchev–Trinajstić information content (AvgIpc) is 2.46. The highest BCUT2D eigenvalue weighted by molar-refractivity contribution is 5.83. The SMILES string of the molecule is CCOC(=O)C(C)(NC(C)CC)c1c(F)cccc1OC. The second-order valence-electron chi connectivity index (χ2n) is 5.12. The van der Waals surface area contributed by atoms with Gasteiger partial charge in [-0.25, -0.2) is 9.18 Å². The Balaban J connectivity index is 3.39. The van der Waals surface area contributed by atoms with Gasteiger partial charge in [-0.05, 0) is 39.3 Å². The molecule has 118 valence electrons. The van der Waals surface area contributed by atoms with Gasteiger partial charge in [0.2, 0.25) is 0 Å². The quantitative estimate of drug-likeness (QED) is 0.786.